The van der Waals surface area contributed by atoms with Gasteiger partial charge in [0.05, 0.1) is 0 Å². The molecule has 0 fully saturated rings. The van der Waals surface area contributed by atoms with E-state index in [0.29, 0.717) is 6.54 Å². The van der Waals surface area contributed by atoms with Crippen LogP contribution in [0.2, 0.25) is 0 Å². The zero-order valence-electron chi connectivity index (χ0n) is 12.2. The van der Waals surface area contributed by atoms with E-state index in [9.17, 15) is 9.18 Å². The van der Waals surface area contributed by atoms with Gasteiger partial charge in [-0.05, 0) is 49.8 Å². The topological polar surface area (TPSA) is 32.3 Å². The van der Waals surface area contributed by atoms with Gasteiger partial charge < -0.3 is 10.2 Å². The fourth-order valence-electron chi connectivity index (χ4n) is 1.86. The molecule has 0 bridgehead atoms. The number of hydrogen-bond acceptors (Lipinski definition) is 2. The second-order valence-corrected chi connectivity index (χ2v) is 4.56. The van der Waals surface area contributed by atoms with Crippen molar-refractivity contribution in [2.24, 2.45) is 0 Å². The number of carbonyl (C=O) groups is 1. The summed E-state index contributed by atoms with van der Waals surface area (Å²) in [5.74, 6) is -0.392. The van der Waals surface area contributed by atoms with Gasteiger partial charge in [-0.25, -0.2) is 4.39 Å². The lowest BCUT2D eigenvalue weighted by Gasteiger charge is -2.17. The maximum absolute atomic E-state index is 12.7. The summed E-state index contributed by atoms with van der Waals surface area (Å²) >= 11 is 0. The Morgan fingerprint density at radius 1 is 1.25 bits per heavy atom. The molecule has 1 aromatic rings. The minimum atomic E-state index is -0.275. The molecule has 0 unspecified atom stereocenters. The second kappa shape index (κ2) is 9.26. The molecule has 1 aromatic carbocycles. The van der Waals surface area contributed by atoms with Crippen LogP contribution in [0, 0.1) is 5.82 Å². The molecular weight excluding hydrogens is 255 g/mol. The molecule has 1 amide bonds. The summed E-state index contributed by atoms with van der Waals surface area (Å²) in [6.07, 6.45) is 4.10. The van der Waals surface area contributed by atoms with Gasteiger partial charge in [-0.3, -0.25) is 4.79 Å². The van der Waals surface area contributed by atoms with Crippen LogP contribution >= 0.6 is 0 Å². The molecule has 0 aliphatic rings. The first-order valence-corrected chi connectivity index (χ1v) is 7.09. The van der Waals surface area contributed by atoms with Gasteiger partial charge in [0.25, 0.3) is 0 Å². The second-order valence-electron chi connectivity index (χ2n) is 4.56. The van der Waals surface area contributed by atoms with Crippen LogP contribution in [0.3, 0.4) is 0 Å². The first-order chi connectivity index (χ1) is 9.65. The predicted octanol–water partition coefficient (Wildman–Crippen LogP) is 2.69. The maximum Gasteiger partial charge on any atom is 0.243 e. The molecule has 0 radical (unpaired) electrons. The highest BCUT2D eigenvalue weighted by Gasteiger charge is 1.99. The van der Waals surface area contributed by atoms with Crippen molar-refractivity contribution >= 4 is 12.0 Å². The van der Waals surface area contributed by atoms with Crippen LogP contribution in [0.1, 0.15) is 25.8 Å². The molecule has 0 aliphatic carbocycles. The summed E-state index contributed by atoms with van der Waals surface area (Å²) in [4.78, 5) is 13.9. The summed E-state index contributed by atoms with van der Waals surface area (Å²) in [6, 6.07) is 6.03. The molecule has 1 N–H and O–H groups in total. The molecule has 0 atom stereocenters. The SMILES string of the molecule is CCN(CC)CCCNC(=O)/C=C/c1ccc(F)cc1. The van der Waals surface area contributed by atoms with E-state index >= 15 is 0 Å². The first kappa shape index (κ1) is 16.4. The number of nitrogens with zero attached hydrogens (tertiary/aromatic N) is 1. The molecule has 0 aliphatic heterocycles. The summed E-state index contributed by atoms with van der Waals surface area (Å²) in [5.41, 5.74) is 0.810. The van der Waals surface area contributed by atoms with E-state index in [0.717, 1.165) is 31.6 Å². The number of benzene rings is 1. The number of amides is 1. The predicted molar refractivity (Wildman–Crippen MR) is 80.8 cm³/mol. The highest BCUT2D eigenvalue weighted by molar-refractivity contribution is 5.91. The Morgan fingerprint density at radius 2 is 1.90 bits per heavy atom. The van der Waals surface area contributed by atoms with Gasteiger partial charge in [-0.1, -0.05) is 26.0 Å². The van der Waals surface area contributed by atoms with Crippen LogP contribution in [0.5, 0.6) is 0 Å². The third-order valence-electron chi connectivity index (χ3n) is 3.14. The van der Waals surface area contributed by atoms with Crippen molar-refractivity contribution in [3.8, 4) is 0 Å². The van der Waals surface area contributed by atoms with Crippen LogP contribution in [0.15, 0.2) is 30.3 Å². The van der Waals surface area contributed by atoms with Crippen molar-refractivity contribution in [2.75, 3.05) is 26.2 Å². The van der Waals surface area contributed by atoms with E-state index in [1.807, 2.05) is 0 Å². The average molecular weight is 278 g/mol. The summed E-state index contributed by atoms with van der Waals surface area (Å²) < 4.78 is 12.7. The Bertz CT molecular complexity index is 425. The number of rotatable bonds is 8. The van der Waals surface area contributed by atoms with Crippen molar-refractivity contribution in [3.05, 3.63) is 41.7 Å². The smallest absolute Gasteiger partial charge is 0.243 e. The van der Waals surface area contributed by atoms with Crippen LogP contribution in [0.4, 0.5) is 4.39 Å². The highest BCUT2D eigenvalue weighted by atomic mass is 19.1. The minimum Gasteiger partial charge on any atom is -0.353 e. The standard InChI is InChI=1S/C16H23FN2O/c1-3-19(4-2)13-5-12-18-16(20)11-8-14-6-9-15(17)10-7-14/h6-11H,3-5,12-13H2,1-2H3,(H,18,20)/b11-8+. The molecule has 20 heavy (non-hydrogen) atoms. The van der Waals surface area contributed by atoms with Gasteiger partial charge in [-0.15, -0.1) is 0 Å². The van der Waals surface area contributed by atoms with Gasteiger partial charge in [0.15, 0.2) is 0 Å². The fraction of sp³-hybridized carbons (Fsp3) is 0.438. The van der Waals surface area contributed by atoms with Crippen LogP contribution in [-0.4, -0.2) is 37.0 Å². The monoisotopic (exact) mass is 278 g/mol. The third-order valence-corrected chi connectivity index (χ3v) is 3.14. The van der Waals surface area contributed by atoms with E-state index < -0.39 is 0 Å². The molecular formula is C16H23FN2O. The zero-order chi connectivity index (χ0) is 14.8. The van der Waals surface area contributed by atoms with E-state index in [4.69, 9.17) is 0 Å². The summed E-state index contributed by atoms with van der Waals surface area (Å²) in [7, 11) is 0. The van der Waals surface area contributed by atoms with Gasteiger partial charge in [0, 0.05) is 12.6 Å². The molecule has 0 saturated heterocycles. The zero-order valence-corrected chi connectivity index (χ0v) is 12.2. The fourth-order valence-corrected chi connectivity index (χ4v) is 1.86. The number of carbonyl (C=O) groups excluding carboxylic acids is 1. The van der Waals surface area contributed by atoms with Crippen LogP contribution in [0.25, 0.3) is 6.08 Å². The average Bonchev–Trinajstić information content (AvgIpc) is 2.47. The van der Waals surface area contributed by atoms with Gasteiger partial charge in [0.1, 0.15) is 5.82 Å². The van der Waals surface area contributed by atoms with Crippen molar-refractivity contribution in [3.63, 3.8) is 0 Å². The Hall–Kier alpha value is -1.68. The van der Waals surface area contributed by atoms with E-state index in [-0.39, 0.29) is 11.7 Å². The molecule has 0 heterocycles. The first-order valence-electron chi connectivity index (χ1n) is 7.09. The number of nitrogens with one attached hydrogen (secondary N) is 1. The third kappa shape index (κ3) is 6.48. The molecule has 1 rings (SSSR count). The Kier molecular flexibility index (Phi) is 7.58. The molecule has 0 aromatic heterocycles. The largest absolute Gasteiger partial charge is 0.353 e. The van der Waals surface area contributed by atoms with Crippen molar-refractivity contribution in [2.45, 2.75) is 20.3 Å². The lowest BCUT2D eigenvalue weighted by atomic mass is 10.2. The molecule has 0 saturated carbocycles. The molecule has 4 heteroatoms. The summed E-state index contributed by atoms with van der Waals surface area (Å²) in [6.45, 7) is 8.00. The normalized spacial score (nSPS) is 11.2. The maximum atomic E-state index is 12.7. The minimum absolute atomic E-state index is 0.117. The van der Waals surface area contributed by atoms with E-state index in [1.54, 1.807) is 18.2 Å². The molecule has 0 spiro atoms. The lowest BCUT2D eigenvalue weighted by Crippen LogP contribution is -2.29. The van der Waals surface area contributed by atoms with E-state index in [2.05, 4.69) is 24.1 Å². The quantitative estimate of drug-likeness (QED) is 0.586. The van der Waals surface area contributed by atoms with Crippen molar-refractivity contribution in [1.82, 2.24) is 10.2 Å². The Labute approximate surface area is 120 Å². The van der Waals surface area contributed by atoms with Crippen LogP contribution < -0.4 is 5.32 Å². The summed E-state index contributed by atoms with van der Waals surface area (Å²) in [5, 5.41) is 2.84. The van der Waals surface area contributed by atoms with Gasteiger partial charge in [-0.2, -0.15) is 0 Å². The lowest BCUT2D eigenvalue weighted by molar-refractivity contribution is -0.116. The van der Waals surface area contributed by atoms with Gasteiger partial charge >= 0.3 is 0 Å². The Morgan fingerprint density at radius 3 is 2.50 bits per heavy atom. The van der Waals surface area contributed by atoms with E-state index in [1.165, 1.54) is 18.2 Å². The van der Waals surface area contributed by atoms with Crippen molar-refractivity contribution in [1.29, 1.82) is 0 Å². The van der Waals surface area contributed by atoms with Crippen molar-refractivity contribution < 1.29 is 9.18 Å². The highest BCUT2D eigenvalue weighted by Crippen LogP contribution is 2.04. The number of hydrogen-bond donors (Lipinski definition) is 1. The van der Waals surface area contributed by atoms with Crippen LogP contribution in [-0.2, 0) is 4.79 Å². The van der Waals surface area contributed by atoms with Gasteiger partial charge in [0.2, 0.25) is 5.91 Å². The Balaban J connectivity index is 2.24. The molecule has 3 nitrogen and oxygen atoms in total. The number of halogens is 1. The molecule has 110 valence electrons.